The van der Waals surface area contributed by atoms with Crippen molar-refractivity contribution in [2.75, 3.05) is 19.5 Å². The van der Waals surface area contributed by atoms with Crippen molar-refractivity contribution in [3.63, 3.8) is 0 Å². The second kappa shape index (κ2) is 7.06. The molecule has 108 valence electrons. The highest BCUT2D eigenvalue weighted by Crippen LogP contribution is 2.27. The van der Waals surface area contributed by atoms with Gasteiger partial charge >= 0.3 is 0 Å². The van der Waals surface area contributed by atoms with Crippen molar-refractivity contribution in [1.82, 2.24) is 5.01 Å². The number of amides is 1. The summed E-state index contributed by atoms with van der Waals surface area (Å²) in [5, 5.41) is 13.8. The summed E-state index contributed by atoms with van der Waals surface area (Å²) in [6.45, 7) is -0.0580. The second-order valence-corrected chi connectivity index (χ2v) is 5.47. The number of hydrogen-bond donors (Lipinski definition) is 0. The van der Waals surface area contributed by atoms with Crippen LogP contribution in [-0.4, -0.2) is 40.9 Å². The molecule has 2 rings (SSSR count). The molecular formula is C13H11N3O3S2. The number of thioether (sulfide) groups is 1. The molecule has 0 N–H and O–H groups in total. The summed E-state index contributed by atoms with van der Waals surface area (Å²) < 4.78 is 10.9. The van der Waals surface area contributed by atoms with E-state index in [0.29, 0.717) is 21.6 Å². The van der Waals surface area contributed by atoms with Gasteiger partial charge in [-0.25, -0.2) is 0 Å². The van der Waals surface area contributed by atoms with E-state index in [2.05, 4.69) is 5.10 Å². The predicted molar refractivity (Wildman–Crippen MR) is 83.6 cm³/mol. The lowest BCUT2D eigenvalue weighted by Crippen LogP contribution is -2.22. The van der Waals surface area contributed by atoms with Crippen LogP contribution in [0.2, 0.25) is 0 Å². The first-order valence-corrected chi connectivity index (χ1v) is 7.26. The third kappa shape index (κ3) is 3.71. The predicted octanol–water partition coefficient (Wildman–Crippen LogP) is 1.79. The average Bonchev–Trinajstić information content (AvgIpc) is 2.82. The van der Waals surface area contributed by atoms with E-state index in [-0.39, 0.29) is 12.5 Å². The van der Waals surface area contributed by atoms with Crippen LogP contribution in [0, 0.1) is 11.3 Å². The van der Waals surface area contributed by atoms with Crippen molar-refractivity contribution in [2.24, 2.45) is 5.10 Å². The topological polar surface area (TPSA) is 74.9 Å². The molecule has 0 unspecified atom stereocenters. The van der Waals surface area contributed by atoms with E-state index in [1.165, 1.54) is 30.1 Å². The zero-order valence-corrected chi connectivity index (χ0v) is 12.7. The van der Waals surface area contributed by atoms with Crippen molar-refractivity contribution >= 4 is 40.4 Å². The highest BCUT2D eigenvalue weighted by atomic mass is 32.2. The molecule has 1 aromatic carbocycles. The molecule has 1 fully saturated rings. The fourth-order valence-electron chi connectivity index (χ4n) is 1.58. The van der Waals surface area contributed by atoms with Crippen LogP contribution in [0.5, 0.6) is 11.5 Å². The van der Waals surface area contributed by atoms with Crippen LogP contribution >= 0.6 is 24.0 Å². The van der Waals surface area contributed by atoms with Gasteiger partial charge in [0.1, 0.15) is 6.07 Å². The van der Waals surface area contributed by atoms with Gasteiger partial charge in [0.25, 0.3) is 5.91 Å². The standard InChI is InChI=1S/C13H11N3O3S2/c1-18-11-6-9(2-3-10(11)19-5-4-14)7-15-16-12(17)8-21-13(16)20/h2-3,6-7H,5,8H2,1H3/b15-7+. The van der Waals surface area contributed by atoms with Crippen LogP contribution in [0.4, 0.5) is 0 Å². The Bertz CT molecular complexity index is 624. The molecule has 0 saturated carbocycles. The summed E-state index contributed by atoms with van der Waals surface area (Å²) in [6.07, 6.45) is 1.52. The molecule has 0 radical (unpaired) electrons. The number of ether oxygens (including phenoxy) is 2. The molecule has 6 nitrogen and oxygen atoms in total. The van der Waals surface area contributed by atoms with Gasteiger partial charge in [-0.2, -0.15) is 15.4 Å². The fourth-order valence-corrected chi connectivity index (χ4v) is 2.54. The zero-order valence-electron chi connectivity index (χ0n) is 11.1. The summed E-state index contributed by atoms with van der Waals surface area (Å²) in [5.74, 6) is 1.14. The van der Waals surface area contributed by atoms with E-state index in [4.69, 9.17) is 27.0 Å². The van der Waals surface area contributed by atoms with Gasteiger partial charge in [0.2, 0.25) is 0 Å². The molecule has 0 aliphatic carbocycles. The quantitative estimate of drug-likeness (QED) is 0.608. The Labute approximate surface area is 131 Å². The van der Waals surface area contributed by atoms with Gasteiger partial charge in [0, 0.05) is 0 Å². The van der Waals surface area contributed by atoms with Crippen LogP contribution in [0.1, 0.15) is 5.56 Å². The van der Waals surface area contributed by atoms with Gasteiger partial charge in [-0.3, -0.25) is 4.79 Å². The van der Waals surface area contributed by atoms with Crippen LogP contribution < -0.4 is 9.47 Å². The Hall–Kier alpha value is -2.11. The monoisotopic (exact) mass is 321 g/mol. The van der Waals surface area contributed by atoms with Crippen molar-refractivity contribution < 1.29 is 14.3 Å². The molecule has 1 amide bonds. The van der Waals surface area contributed by atoms with E-state index in [1.807, 2.05) is 6.07 Å². The zero-order chi connectivity index (χ0) is 15.2. The minimum atomic E-state index is -0.137. The summed E-state index contributed by atoms with van der Waals surface area (Å²) in [7, 11) is 1.51. The molecule has 0 bridgehead atoms. The highest BCUT2D eigenvalue weighted by molar-refractivity contribution is 8.23. The number of nitriles is 1. The van der Waals surface area contributed by atoms with Gasteiger partial charge in [-0.1, -0.05) is 24.0 Å². The Kier molecular flexibility index (Phi) is 5.14. The maximum Gasteiger partial charge on any atom is 0.259 e. The highest BCUT2D eigenvalue weighted by Gasteiger charge is 2.25. The first-order chi connectivity index (χ1) is 10.2. The van der Waals surface area contributed by atoms with Crippen molar-refractivity contribution in [3.05, 3.63) is 23.8 Å². The Morgan fingerprint density at radius 2 is 2.38 bits per heavy atom. The van der Waals surface area contributed by atoms with Gasteiger partial charge in [-0.05, 0) is 23.8 Å². The molecule has 0 spiro atoms. The number of nitrogens with zero attached hydrogens (tertiary/aromatic N) is 3. The smallest absolute Gasteiger partial charge is 0.259 e. The first kappa shape index (κ1) is 15.3. The lowest BCUT2D eigenvalue weighted by Gasteiger charge is -2.09. The molecule has 8 heteroatoms. The van der Waals surface area contributed by atoms with Crippen molar-refractivity contribution in [3.8, 4) is 17.6 Å². The lowest BCUT2D eigenvalue weighted by atomic mass is 10.2. The number of carbonyl (C=O) groups is 1. The van der Waals surface area contributed by atoms with Crippen LogP contribution in [0.25, 0.3) is 0 Å². The van der Waals surface area contributed by atoms with E-state index in [9.17, 15) is 4.79 Å². The Morgan fingerprint density at radius 3 is 3.00 bits per heavy atom. The van der Waals surface area contributed by atoms with Gasteiger partial charge in [-0.15, -0.1) is 0 Å². The number of hydrogen-bond acceptors (Lipinski definition) is 7. The van der Waals surface area contributed by atoms with Crippen LogP contribution in [0.15, 0.2) is 23.3 Å². The molecule has 1 saturated heterocycles. The number of thiocarbonyl (C=S) groups is 1. The van der Waals surface area contributed by atoms with Gasteiger partial charge in [0.05, 0.1) is 19.1 Å². The number of carbonyl (C=O) groups excluding carboxylic acids is 1. The normalized spacial score (nSPS) is 14.6. The third-order valence-electron chi connectivity index (χ3n) is 2.53. The Balaban J connectivity index is 2.15. The largest absolute Gasteiger partial charge is 0.493 e. The molecule has 1 aliphatic rings. The molecule has 1 aliphatic heterocycles. The molecular weight excluding hydrogens is 310 g/mol. The lowest BCUT2D eigenvalue weighted by molar-refractivity contribution is -0.123. The summed E-state index contributed by atoms with van der Waals surface area (Å²) in [5.41, 5.74) is 0.726. The molecule has 21 heavy (non-hydrogen) atoms. The molecule has 0 aromatic heterocycles. The number of rotatable bonds is 5. The van der Waals surface area contributed by atoms with E-state index < -0.39 is 0 Å². The maximum absolute atomic E-state index is 11.5. The minimum Gasteiger partial charge on any atom is -0.493 e. The number of benzene rings is 1. The van der Waals surface area contributed by atoms with Gasteiger partial charge in [0.15, 0.2) is 22.4 Å². The first-order valence-electron chi connectivity index (χ1n) is 5.87. The number of hydrazone groups is 1. The van der Waals surface area contributed by atoms with Crippen molar-refractivity contribution in [2.45, 2.75) is 0 Å². The summed E-state index contributed by atoms with van der Waals surface area (Å²) in [4.78, 5) is 11.5. The van der Waals surface area contributed by atoms with Crippen molar-refractivity contribution in [1.29, 1.82) is 5.26 Å². The molecule has 1 heterocycles. The minimum absolute atomic E-state index is 0.0580. The third-order valence-corrected chi connectivity index (χ3v) is 3.87. The van der Waals surface area contributed by atoms with E-state index in [0.717, 1.165) is 5.56 Å². The van der Waals surface area contributed by atoms with E-state index >= 15 is 0 Å². The second-order valence-electron chi connectivity index (χ2n) is 3.86. The summed E-state index contributed by atoms with van der Waals surface area (Å²) >= 11 is 6.32. The molecule has 1 aromatic rings. The fraction of sp³-hybridized carbons (Fsp3) is 0.231. The van der Waals surface area contributed by atoms with Gasteiger partial charge < -0.3 is 9.47 Å². The SMILES string of the molecule is COc1cc(/C=N/N2C(=O)CSC2=S)ccc1OCC#N. The Morgan fingerprint density at radius 1 is 1.57 bits per heavy atom. The average molecular weight is 321 g/mol. The molecule has 0 atom stereocenters. The summed E-state index contributed by atoms with van der Waals surface area (Å²) in [6, 6.07) is 7.01. The van der Waals surface area contributed by atoms with Crippen LogP contribution in [0.3, 0.4) is 0 Å². The van der Waals surface area contributed by atoms with E-state index in [1.54, 1.807) is 18.2 Å². The van der Waals surface area contributed by atoms with Crippen LogP contribution in [-0.2, 0) is 4.79 Å². The maximum atomic E-state index is 11.5. The number of methoxy groups -OCH3 is 1.